The third-order valence-electron chi connectivity index (χ3n) is 4.87. The van der Waals surface area contributed by atoms with E-state index in [1.165, 1.54) is 17.5 Å². The minimum absolute atomic E-state index is 0.00195. The summed E-state index contributed by atoms with van der Waals surface area (Å²) in [6.07, 6.45) is 0. The summed E-state index contributed by atoms with van der Waals surface area (Å²) in [6, 6.07) is 20.0. The molecule has 0 atom stereocenters. The summed E-state index contributed by atoms with van der Waals surface area (Å²) in [4.78, 5) is 17.5. The molecule has 3 rings (SSSR count). The number of aromatic nitrogens is 2. The molecule has 0 bridgehead atoms. The Hall–Kier alpha value is -2.53. The molecule has 3 aromatic rings. The number of imidazole rings is 1. The fourth-order valence-corrected chi connectivity index (χ4v) is 4.21. The van der Waals surface area contributed by atoms with Gasteiger partial charge in [0.25, 0.3) is 0 Å². The largest absolute Gasteiger partial charge is 0.344 e. The fourth-order valence-electron chi connectivity index (χ4n) is 3.30. The van der Waals surface area contributed by atoms with Crippen LogP contribution in [0.2, 0.25) is 0 Å². The van der Waals surface area contributed by atoms with Gasteiger partial charge in [-0.25, -0.2) is 4.98 Å². The molecule has 1 amide bonds. The Labute approximate surface area is 177 Å². The summed E-state index contributed by atoms with van der Waals surface area (Å²) in [6.45, 7) is 9.42. The molecule has 29 heavy (non-hydrogen) atoms. The molecule has 0 aliphatic carbocycles. The molecule has 0 spiro atoms. The van der Waals surface area contributed by atoms with Gasteiger partial charge in [-0.3, -0.25) is 4.79 Å². The maximum absolute atomic E-state index is 12.8. The Bertz CT molecular complexity index is 896. The van der Waals surface area contributed by atoms with Crippen LogP contribution in [0.5, 0.6) is 0 Å². The van der Waals surface area contributed by atoms with Gasteiger partial charge in [-0.1, -0.05) is 86.3 Å². The van der Waals surface area contributed by atoms with Gasteiger partial charge in [-0.2, -0.15) is 0 Å². The first-order valence-electron chi connectivity index (χ1n) is 10.0. The first-order valence-corrected chi connectivity index (χ1v) is 11.0. The molecule has 152 valence electrons. The van der Waals surface area contributed by atoms with Crippen molar-refractivity contribution < 1.29 is 4.79 Å². The first-order chi connectivity index (χ1) is 14.0. The van der Waals surface area contributed by atoms with Crippen molar-refractivity contribution >= 4 is 17.7 Å². The van der Waals surface area contributed by atoms with Crippen LogP contribution in [0.25, 0.3) is 0 Å². The number of hydrogen-bond acceptors (Lipinski definition) is 3. The molecule has 1 N–H and O–H groups in total. The molecule has 2 aromatic carbocycles. The summed E-state index contributed by atoms with van der Waals surface area (Å²) in [7, 11) is 0. The molecule has 0 fully saturated rings. The van der Waals surface area contributed by atoms with Crippen LogP contribution >= 0.6 is 11.8 Å². The van der Waals surface area contributed by atoms with E-state index in [9.17, 15) is 4.79 Å². The lowest BCUT2D eigenvalue weighted by Gasteiger charge is -2.20. The molecule has 0 saturated carbocycles. The lowest BCUT2D eigenvalue weighted by atomic mass is 9.99. The topological polar surface area (TPSA) is 46.9 Å². The van der Waals surface area contributed by atoms with E-state index in [0.29, 0.717) is 11.7 Å². The van der Waals surface area contributed by atoms with Gasteiger partial charge in [0.2, 0.25) is 5.91 Å². The molecule has 4 nitrogen and oxygen atoms in total. The molecule has 5 heteroatoms. The van der Waals surface area contributed by atoms with Crippen LogP contribution in [0.3, 0.4) is 0 Å². The van der Waals surface area contributed by atoms with Crippen LogP contribution in [0.15, 0.2) is 65.8 Å². The zero-order valence-electron chi connectivity index (χ0n) is 17.6. The van der Waals surface area contributed by atoms with Crippen molar-refractivity contribution in [2.45, 2.75) is 45.4 Å². The lowest BCUT2D eigenvalue weighted by Crippen LogP contribution is -2.30. The highest BCUT2D eigenvalue weighted by Crippen LogP contribution is 2.24. The highest BCUT2D eigenvalue weighted by molar-refractivity contribution is 7.99. The second-order valence-corrected chi connectivity index (χ2v) is 8.62. The number of nitrogens with one attached hydrogen (secondary N) is 1. The number of thioether (sulfide) groups is 1. The Kier molecular flexibility index (Phi) is 7.15. The van der Waals surface area contributed by atoms with Crippen LogP contribution in [0.1, 0.15) is 42.4 Å². The van der Waals surface area contributed by atoms with E-state index in [-0.39, 0.29) is 11.9 Å². The smallest absolute Gasteiger partial charge is 0.231 e. The van der Waals surface area contributed by atoms with E-state index in [2.05, 4.69) is 35.6 Å². The van der Waals surface area contributed by atoms with Crippen molar-refractivity contribution in [3.05, 3.63) is 83.2 Å². The maximum atomic E-state index is 12.8. The van der Waals surface area contributed by atoms with Crippen molar-refractivity contribution in [1.82, 2.24) is 14.9 Å². The summed E-state index contributed by atoms with van der Waals surface area (Å²) < 4.78 is 2.23. The fraction of sp³-hybridized carbons (Fsp3) is 0.333. The summed E-state index contributed by atoms with van der Waals surface area (Å²) >= 11 is 1.50. The van der Waals surface area contributed by atoms with Gasteiger partial charge in [-0.15, -0.1) is 0 Å². The maximum Gasteiger partial charge on any atom is 0.231 e. The van der Waals surface area contributed by atoms with Gasteiger partial charge in [0.1, 0.15) is 0 Å². The van der Waals surface area contributed by atoms with E-state index in [4.69, 9.17) is 0 Å². The molecule has 0 aliphatic rings. The SMILES string of the molecule is Cc1nc(SCC(=O)NC(c2ccccc2)c2ccccc2)n(CC(C)C)c1C. The van der Waals surface area contributed by atoms with Gasteiger partial charge < -0.3 is 9.88 Å². The molecule has 0 saturated heterocycles. The predicted octanol–water partition coefficient (Wildman–Crippen LogP) is 5.15. The van der Waals surface area contributed by atoms with E-state index >= 15 is 0 Å². The second-order valence-electron chi connectivity index (χ2n) is 7.68. The van der Waals surface area contributed by atoms with Crippen molar-refractivity contribution in [2.24, 2.45) is 5.92 Å². The quantitative estimate of drug-likeness (QED) is 0.525. The van der Waals surface area contributed by atoms with E-state index in [1.807, 2.05) is 67.6 Å². The molecule has 0 radical (unpaired) electrons. The van der Waals surface area contributed by atoms with Crippen molar-refractivity contribution in [3.63, 3.8) is 0 Å². The number of aryl methyl sites for hydroxylation is 1. The third-order valence-corrected chi connectivity index (χ3v) is 5.85. The molecular formula is C24H29N3OS. The molecule has 0 unspecified atom stereocenters. The van der Waals surface area contributed by atoms with Crippen LogP contribution < -0.4 is 5.32 Å². The van der Waals surface area contributed by atoms with E-state index in [0.717, 1.165) is 28.5 Å². The minimum atomic E-state index is -0.163. The number of benzene rings is 2. The van der Waals surface area contributed by atoms with Crippen LogP contribution in [0.4, 0.5) is 0 Å². The Morgan fingerprint density at radius 2 is 1.55 bits per heavy atom. The van der Waals surface area contributed by atoms with Gasteiger partial charge in [-0.05, 0) is 30.9 Å². The zero-order valence-corrected chi connectivity index (χ0v) is 18.4. The van der Waals surface area contributed by atoms with Crippen molar-refractivity contribution in [3.8, 4) is 0 Å². The van der Waals surface area contributed by atoms with Gasteiger partial charge in [0, 0.05) is 12.2 Å². The van der Waals surface area contributed by atoms with Crippen LogP contribution in [-0.4, -0.2) is 21.2 Å². The summed E-state index contributed by atoms with van der Waals surface area (Å²) in [5, 5.41) is 4.12. The average Bonchev–Trinajstić information content (AvgIpc) is 2.99. The number of carbonyl (C=O) groups is 1. The third kappa shape index (κ3) is 5.51. The van der Waals surface area contributed by atoms with Crippen LogP contribution in [0, 0.1) is 19.8 Å². The molecular weight excluding hydrogens is 378 g/mol. The Balaban J connectivity index is 1.73. The van der Waals surface area contributed by atoms with E-state index in [1.54, 1.807) is 0 Å². The number of hydrogen-bond donors (Lipinski definition) is 1. The summed E-state index contributed by atoms with van der Waals surface area (Å²) in [5.41, 5.74) is 4.35. The monoisotopic (exact) mass is 407 g/mol. The number of carbonyl (C=O) groups excluding carboxylic acids is 1. The van der Waals surface area contributed by atoms with Gasteiger partial charge >= 0.3 is 0 Å². The normalized spacial score (nSPS) is 11.2. The zero-order chi connectivity index (χ0) is 20.8. The average molecular weight is 408 g/mol. The van der Waals surface area contributed by atoms with Crippen molar-refractivity contribution in [1.29, 1.82) is 0 Å². The first kappa shape index (κ1) is 21.2. The Morgan fingerprint density at radius 1 is 1.00 bits per heavy atom. The molecule has 0 aliphatic heterocycles. The standard InChI is InChI=1S/C24H29N3OS/c1-17(2)15-27-19(4)18(3)25-24(27)29-16-22(28)26-23(20-11-7-5-8-12-20)21-13-9-6-10-14-21/h5-14,17,23H,15-16H2,1-4H3,(H,26,28). The van der Waals surface area contributed by atoms with Crippen molar-refractivity contribution in [2.75, 3.05) is 5.75 Å². The molecule has 1 heterocycles. The molecule has 1 aromatic heterocycles. The highest BCUT2D eigenvalue weighted by atomic mass is 32.2. The Morgan fingerprint density at radius 3 is 2.07 bits per heavy atom. The van der Waals surface area contributed by atoms with Crippen LogP contribution in [-0.2, 0) is 11.3 Å². The minimum Gasteiger partial charge on any atom is -0.344 e. The number of nitrogens with zero attached hydrogens (tertiary/aromatic N) is 2. The highest BCUT2D eigenvalue weighted by Gasteiger charge is 2.18. The second kappa shape index (κ2) is 9.79. The predicted molar refractivity (Wildman–Crippen MR) is 120 cm³/mol. The van der Waals surface area contributed by atoms with Gasteiger partial charge in [0.15, 0.2) is 5.16 Å². The number of rotatable bonds is 8. The summed E-state index contributed by atoms with van der Waals surface area (Å²) in [5.74, 6) is 0.863. The van der Waals surface area contributed by atoms with E-state index < -0.39 is 0 Å². The number of amides is 1. The van der Waals surface area contributed by atoms with Gasteiger partial charge in [0.05, 0.1) is 17.5 Å². The lowest BCUT2D eigenvalue weighted by molar-refractivity contribution is -0.119.